The monoisotopic (exact) mass is 222 g/mol. The van der Waals surface area contributed by atoms with E-state index < -0.39 is 0 Å². The molecule has 2 N–H and O–H groups in total. The summed E-state index contributed by atoms with van der Waals surface area (Å²) in [6, 6.07) is 1.49. The van der Waals surface area contributed by atoms with Gasteiger partial charge in [-0.2, -0.15) is 0 Å². The summed E-state index contributed by atoms with van der Waals surface area (Å²) in [7, 11) is 0. The number of hydrogen-bond donors (Lipinski definition) is 1. The van der Waals surface area contributed by atoms with Crippen LogP contribution in [0.5, 0.6) is 0 Å². The number of rotatable bonds is 2. The Morgan fingerprint density at radius 3 is 2.88 bits per heavy atom. The number of pyridine rings is 1. The smallest absolute Gasteiger partial charge is 0.146 e. The van der Waals surface area contributed by atoms with E-state index in [1.54, 1.807) is 12.3 Å². The number of hydrogen-bond acceptors (Lipinski definition) is 2. The molecule has 2 nitrogen and oxygen atoms in total. The third kappa shape index (κ3) is 1.96. The van der Waals surface area contributed by atoms with Gasteiger partial charge in [-0.05, 0) is 30.2 Å². The molecule has 2 rings (SSSR count). The highest BCUT2D eigenvalue weighted by Crippen LogP contribution is 2.47. The van der Waals surface area contributed by atoms with Crippen LogP contribution in [-0.2, 0) is 0 Å². The summed E-state index contributed by atoms with van der Waals surface area (Å²) in [5, 5.41) is 0. The molecule has 0 aliphatic heterocycles. The highest BCUT2D eigenvalue weighted by molar-refractivity contribution is 5.19. The van der Waals surface area contributed by atoms with E-state index in [-0.39, 0.29) is 17.3 Å². The number of nitrogens with two attached hydrogens (primary N) is 1. The fraction of sp³-hybridized carbons (Fsp3) is 0.615. The van der Waals surface area contributed by atoms with Crippen molar-refractivity contribution in [1.29, 1.82) is 0 Å². The van der Waals surface area contributed by atoms with Crippen molar-refractivity contribution in [3.05, 3.63) is 29.8 Å². The van der Waals surface area contributed by atoms with Gasteiger partial charge in [-0.15, -0.1) is 0 Å². The van der Waals surface area contributed by atoms with Gasteiger partial charge >= 0.3 is 0 Å². The van der Waals surface area contributed by atoms with Gasteiger partial charge < -0.3 is 5.73 Å². The van der Waals surface area contributed by atoms with Crippen molar-refractivity contribution >= 4 is 0 Å². The van der Waals surface area contributed by atoms with Crippen LogP contribution in [0.4, 0.5) is 4.39 Å². The quantitative estimate of drug-likeness (QED) is 0.835. The van der Waals surface area contributed by atoms with Crippen molar-refractivity contribution in [1.82, 2.24) is 4.98 Å². The molecule has 1 heterocycles. The number of halogens is 1. The maximum Gasteiger partial charge on any atom is 0.146 e. The largest absolute Gasteiger partial charge is 0.324 e. The summed E-state index contributed by atoms with van der Waals surface area (Å²) in [6.07, 6.45) is 6.32. The van der Waals surface area contributed by atoms with Crippen LogP contribution in [-0.4, -0.2) is 4.98 Å². The lowest BCUT2D eigenvalue weighted by molar-refractivity contribution is 0.219. The molecule has 1 aromatic rings. The van der Waals surface area contributed by atoms with Crippen LogP contribution in [0.15, 0.2) is 18.5 Å². The van der Waals surface area contributed by atoms with Crippen LogP contribution < -0.4 is 5.73 Å². The van der Waals surface area contributed by atoms with E-state index in [0.29, 0.717) is 11.5 Å². The predicted octanol–water partition coefficient (Wildman–Crippen LogP) is 3.05. The van der Waals surface area contributed by atoms with Crippen LogP contribution in [0.1, 0.15) is 44.7 Å². The van der Waals surface area contributed by atoms with Crippen LogP contribution in [0.25, 0.3) is 0 Å². The van der Waals surface area contributed by atoms with E-state index in [4.69, 9.17) is 5.73 Å². The standard InChI is InChI=1S/C13H19FN2/c1-13(2)6-3-4-10(13)12(15)9-5-7-16-8-11(9)14/h5,7-8,10,12H,3-4,6,15H2,1-2H3. The van der Waals surface area contributed by atoms with E-state index in [0.717, 1.165) is 6.42 Å². The van der Waals surface area contributed by atoms with E-state index >= 15 is 0 Å². The Morgan fingerprint density at radius 1 is 1.56 bits per heavy atom. The van der Waals surface area contributed by atoms with E-state index in [9.17, 15) is 4.39 Å². The number of nitrogens with zero attached hydrogens (tertiary/aromatic N) is 1. The molecule has 0 saturated heterocycles. The molecular formula is C13H19FN2. The summed E-state index contributed by atoms with van der Waals surface area (Å²) in [5.41, 5.74) is 7.03. The van der Waals surface area contributed by atoms with Gasteiger partial charge in [-0.1, -0.05) is 20.3 Å². The second-order valence-electron chi connectivity index (χ2n) is 5.41. The molecule has 0 bridgehead atoms. The lowest BCUT2D eigenvalue weighted by Gasteiger charge is -2.32. The Balaban J connectivity index is 2.26. The molecule has 2 unspecified atom stereocenters. The predicted molar refractivity (Wildman–Crippen MR) is 62.2 cm³/mol. The van der Waals surface area contributed by atoms with E-state index in [1.165, 1.54) is 19.0 Å². The first kappa shape index (κ1) is 11.5. The molecule has 16 heavy (non-hydrogen) atoms. The lowest BCUT2D eigenvalue weighted by Crippen LogP contribution is -2.30. The Kier molecular flexibility index (Phi) is 2.98. The minimum atomic E-state index is -0.280. The van der Waals surface area contributed by atoms with Crippen LogP contribution in [0, 0.1) is 17.2 Å². The molecule has 1 aliphatic rings. The van der Waals surface area contributed by atoms with Crippen molar-refractivity contribution < 1.29 is 4.39 Å². The molecule has 0 spiro atoms. The molecular weight excluding hydrogens is 203 g/mol. The van der Waals surface area contributed by atoms with Crippen LogP contribution >= 0.6 is 0 Å². The maximum atomic E-state index is 13.6. The van der Waals surface area contributed by atoms with Crippen LogP contribution in [0.3, 0.4) is 0 Å². The first-order chi connectivity index (χ1) is 7.52. The Bertz CT molecular complexity index is 376. The fourth-order valence-corrected chi connectivity index (χ4v) is 2.89. The van der Waals surface area contributed by atoms with Crippen molar-refractivity contribution in [3.63, 3.8) is 0 Å². The van der Waals surface area contributed by atoms with Crippen LogP contribution in [0.2, 0.25) is 0 Å². The van der Waals surface area contributed by atoms with E-state index in [2.05, 4.69) is 18.8 Å². The Morgan fingerprint density at radius 2 is 2.31 bits per heavy atom. The van der Waals surface area contributed by atoms with Gasteiger partial charge in [-0.25, -0.2) is 4.39 Å². The van der Waals surface area contributed by atoms with Gasteiger partial charge in [-0.3, -0.25) is 4.98 Å². The van der Waals surface area contributed by atoms with Gasteiger partial charge in [0, 0.05) is 17.8 Å². The minimum Gasteiger partial charge on any atom is -0.324 e. The lowest BCUT2D eigenvalue weighted by atomic mass is 9.76. The zero-order valence-electron chi connectivity index (χ0n) is 9.91. The van der Waals surface area contributed by atoms with Gasteiger partial charge in [0.25, 0.3) is 0 Å². The van der Waals surface area contributed by atoms with Gasteiger partial charge in [0.2, 0.25) is 0 Å². The van der Waals surface area contributed by atoms with Crippen molar-refractivity contribution in [2.75, 3.05) is 0 Å². The summed E-state index contributed by atoms with van der Waals surface area (Å²) in [5.74, 6) is 0.0853. The Labute approximate surface area is 96.1 Å². The van der Waals surface area contributed by atoms with Gasteiger partial charge in [0.05, 0.1) is 6.20 Å². The molecule has 0 radical (unpaired) electrons. The average Bonchev–Trinajstić information content (AvgIpc) is 2.58. The van der Waals surface area contributed by atoms with E-state index in [1.807, 2.05) is 0 Å². The molecule has 1 saturated carbocycles. The third-order valence-electron chi connectivity index (χ3n) is 3.94. The third-order valence-corrected chi connectivity index (χ3v) is 3.94. The first-order valence-corrected chi connectivity index (χ1v) is 5.87. The molecule has 2 atom stereocenters. The average molecular weight is 222 g/mol. The highest BCUT2D eigenvalue weighted by atomic mass is 19.1. The minimum absolute atomic E-state index is 0.208. The summed E-state index contributed by atoms with van der Waals surface area (Å²) >= 11 is 0. The molecule has 0 aromatic carbocycles. The molecule has 1 fully saturated rings. The molecule has 1 aromatic heterocycles. The molecule has 3 heteroatoms. The van der Waals surface area contributed by atoms with Gasteiger partial charge in [0.15, 0.2) is 0 Å². The maximum absolute atomic E-state index is 13.6. The highest BCUT2D eigenvalue weighted by Gasteiger charge is 2.39. The molecule has 88 valence electrons. The molecule has 0 amide bonds. The summed E-state index contributed by atoms with van der Waals surface area (Å²) < 4.78 is 13.6. The fourth-order valence-electron chi connectivity index (χ4n) is 2.89. The molecule has 1 aliphatic carbocycles. The number of aromatic nitrogens is 1. The zero-order chi connectivity index (χ0) is 11.8. The second kappa shape index (κ2) is 4.13. The van der Waals surface area contributed by atoms with Crippen molar-refractivity contribution in [2.24, 2.45) is 17.1 Å². The first-order valence-electron chi connectivity index (χ1n) is 5.87. The second-order valence-corrected chi connectivity index (χ2v) is 5.41. The van der Waals surface area contributed by atoms with Crippen molar-refractivity contribution in [2.45, 2.75) is 39.2 Å². The normalized spacial score (nSPS) is 25.6. The van der Waals surface area contributed by atoms with Gasteiger partial charge in [0.1, 0.15) is 5.82 Å². The zero-order valence-corrected chi connectivity index (χ0v) is 9.91. The summed E-state index contributed by atoms with van der Waals surface area (Å²) in [6.45, 7) is 4.45. The van der Waals surface area contributed by atoms with Crippen molar-refractivity contribution in [3.8, 4) is 0 Å². The topological polar surface area (TPSA) is 38.9 Å². The SMILES string of the molecule is CC1(C)CCCC1C(N)c1ccncc1F. The summed E-state index contributed by atoms with van der Waals surface area (Å²) in [4.78, 5) is 3.76. The Hall–Kier alpha value is -0.960.